The molecule has 0 saturated carbocycles. The van der Waals surface area contributed by atoms with Gasteiger partial charge in [-0.2, -0.15) is 9.65 Å². The predicted molar refractivity (Wildman–Crippen MR) is 53.9 cm³/mol. The number of esters is 1. The maximum absolute atomic E-state index is 13.3. The van der Waals surface area contributed by atoms with Crippen LogP contribution in [0.1, 0.15) is 24.5 Å². The van der Waals surface area contributed by atoms with E-state index >= 15 is 0 Å². The molecular formula is C11H11FN2O2. The molecule has 0 aliphatic rings. The zero-order chi connectivity index (χ0) is 12.0. The van der Waals surface area contributed by atoms with Crippen molar-refractivity contribution < 1.29 is 13.9 Å². The first-order chi connectivity index (χ1) is 7.69. The van der Waals surface area contributed by atoms with Crippen LogP contribution in [0.25, 0.3) is 0 Å². The van der Waals surface area contributed by atoms with Gasteiger partial charge < -0.3 is 4.74 Å². The quantitative estimate of drug-likeness (QED) is 0.573. The summed E-state index contributed by atoms with van der Waals surface area (Å²) in [4.78, 5) is 14.5. The highest BCUT2D eigenvalue weighted by molar-refractivity contribution is 5.69. The highest BCUT2D eigenvalue weighted by Gasteiger charge is 2.11. The van der Waals surface area contributed by atoms with Gasteiger partial charge in [0.15, 0.2) is 0 Å². The Hall–Kier alpha value is -1.96. The van der Waals surface area contributed by atoms with E-state index < -0.39 is 11.9 Å². The van der Waals surface area contributed by atoms with Crippen molar-refractivity contribution in [1.29, 1.82) is 5.26 Å². The molecule has 1 aromatic rings. The number of ether oxygens (including phenoxy) is 1. The van der Waals surface area contributed by atoms with E-state index in [4.69, 9.17) is 10.00 Å². The molecule has 1 heterocycles. The van der Waals surface area contributed by atoms with Crippen molar-refractivity contribution in [3.63, 3.8) is 0 Å². The van der Waals surface area contributed by atoms with Gasteiger partial charge >= 0.3 is 5.97 Å². The number of carbonyl (C=O) groups is 1. The molecule has 1 aromatic heterocycles. The third-order valence-corrected chi connectivity index (χ3v) is 2.01. The molecule has 0 aromatic carbocycles. The second-order valence-corrected chi connectivity index (χ2v) is 3.04. The fourth-order valence-corrected chi connectivity index (χ4v) is 1.27. The van der Waals surface area contributed by atoms with Crippen LogP contribution in [0, 0.1) is 17.3 Å². The minimum absolute atomic E-state index is 0.0468. The predicted octanol–water partition coefficient (Wildman–Crippen LogP) is 1.59. The third kappa shape index (κ3) is 3.02. The van der Waals surface area contributed by atoms with Gasteiger partial charge in [0.25, 0.3) is 0 Å². The number of nitriles is 1. The van der Waals surface area contributed by atoms with Crippen molar-refractivity contribution in [2.75, 3.05) is 6.61 Å². The van der Waals surface area contributed by atoms with Crippen molar-refractivity contribution in [3.8, 4) is 6.07 Å². The highest BCUT2D eigenvalue weighted by Crippen LogP contribution is 2.12. The van der Waals surface area contributed by atoms with E-state index in [0.717, 1.165) is 0 Å². The molecule has 84 valence electrons. The van der Waals surface area contributed by atoms with Gasteiger partial charge in [0, 0.05) is 18.2 Å². The van der Waals surface area contributed by atoms with Gasteiger partial charge in [-0.3, -0.25) is 4.79 Å². The molecule has 16 heavy (non-hydrogen) atoms. The Bertz CT molecular complexity index is 426. The zero-order valence-corrected chi connectivity index (χ0v) is 8.86. The fraction of sp³-hybridized carbons (Fsp3) is 0.364. The number of halogens is 1. The summed E-state index contributed by atoms with van der Waals surface area (Å²) in [5.74, 6) is -1.11. The average molecular weight is 222 g/mol. The van der Waals surface area contributed by atoms with Crippen LogP contribution in [-0.4, -0.2) is 17.6 Å². The van der Waals surface area contributed by atoms with Crippen molar-refractivity contribution >= 4 is 5.97 Å². The minimum atomic E-state index is -0.705. The van der Waals surface area contributed by atoms with E-state index in [2.05, 4.69) is 4.98 Å². The molecule has 0 saturated heterocycles. The Morgan fingerprint density at radius 1 is 1.69 bits per heavy atom. The molecule has 1 rings (SSSR count). The number of hydrogen-bond acceptors (Lipinski definition) is 4. The van der Waals surface area contributed by atoms with Crippen LogP contribution in [0.15, 0.2) is 12.3 Å². The van der Waals surface area contributed by atoms with E-state index in [0.29, 0.717) is 6.61 Å². The number of aromatic nitrogens is 1. The molecule has 0 unspecified atom stereocenters. The molecule has 0 aliphatic heterocycles. The van der Waals surface area contributed by atoms with Gasteiger partial charge in [-0.25, -0.2) is 4.98 Å². The van der Waals surface area contributed by atoms with Gasteiger partial charge in [0.1, 0.15) is 0 Å². The third-order valence-electron chi connectivity index (χ3n) is 2.01. The Morgan fingerprint density at radius 2 is 2.44 bits per heavy atom. The van der Waals surface area contributed by atoms with Crippen molar-refractivity contribution in [2.24, 2.45) is 0 Å². The molecule has 0 atom stereocenters. The largest absolute Gasteiger partial charge is 0.466 e. The normalized spacial score (nSPS) is 9.56. The number of pyridine rings is 1. The molecular weight excluding hydrogens is 211 g/mol. The Labute approximate surface area is 92.7 Å². The van der Waals surface area contributed by atoms with Crippen molar-refractivity contribution in [3.05, 3.63) is 29.3 Å². The van der Waals surface area contributed by atoms with Gasteiger partial charge in [0.2, 0.25) is 5.95 Å². The monoisotopic (exact) mass is 222 g/mol. The van der Waals surface area contributed by atoms with E-state index in [1.165, 1.54) is 12.3 Å². The number of carbonyl (C=O) groups excluding carboxylic acids is 1. The van der Waals surface area contributed by atoms with Gasteiger partial charge in [-0.05, 0) is 19.4 Å². The Kier molecular flexibility index (Phi) is 4.40. The van der Waals surface area contributed by atoms with E-state index in [9.17, 15) is 9.18 Å². The summed E-state index contributed by atoms with van der Waals surface area (Å²) in [6.07, 6.45) is 1.40. The lowest BCUT2D eigenvalue weighted by Gasteiger charge is -2.04. The lowest BCUT2D eigenvalue weighted by Crippen LogP contribution is -2.07. The zero-order valence-electron chi connectivity index (χ0n) is 8.86. The Morgan fingerprint density at radius 3 is 3.06 bits per heavy atom. The summed E-state index contributed by atoms with van der Waals surface area (Å²) >= 11 is 0. The number of hydrogen-bond donors (Lipinski definition) is 0. The molecule has 0 N–H and O–H groups in total. The van der Waals surface area contributed by atoms with Crippen LogP contribution in [0.5, 0.6) is 0 Å². The van der Waals surface area contributed by atoms with E-state index in [1.807, 2.05) is 6.07 Å². The average Bonchev–Trinajstić information content (AvgIpc) is 2.27. The SMILES string of the molecule is CCOC(=O)CCc1c(C#N)ccnc1F. The lowest BCUT2D eigenvalue weighted by molar-refractivity contribution is -0.143. The molecule has 5 heteroatoms. The Balaban J connectivity index is 2.74. The smallest absolute Gasteiger partial charge is 0.306 e. The lowest BCUT2D eigenvalue weighted by atomic mass is 10.1. The fourth-order valence-electron chi connectivity index (χ4n) is 1.27. The van der Waals surface area contributed by atoms with Crippen LogP contribution < -0.4 is 0 Å². The topological polar surface area (TPSA) is 63.0 Å². The van der Waals surface area contributed by atoms with Crippen LogP contribution in [0.2, 0.25) is 0 Å². The molecule has 0 aliphatic carbocycles. The minimum Gasteiger partial charge on any atom is -0.466 e. The maximum Gasteiger partial charge on any atom is 0.306 e. The second kappa shape index (κ2) is 5.81. The van der Waals surface area contributed by atoms with Crippen LogP contribution in [0.3, 0.4) is 0 Å². The molecule has 0 fully saturated rings. The standard InChI is InChI=1S/C11H11FN2O2/c1-2-16-10(15)4-3-9-8(7-13)5-6-14-11(9)12/h5-6H,2-4H2,1H3. The van der Waals surface area contributed by atoms with Crippen LogP contribution in [0.4, 0.5) is 4.39 Å². The van der Waals surface area contributed by atoms with Gasteiger partial charge in [-0.15, -0.1) is 0 Å². The van der Waals surface area contributed by atoms with Crippen molar-refractivity contribution in [1.82, 2.24) is 4.98 Å². The summed E-state index contributed by atoms with van der Waals surface area (Å²) in [5, 5.41) is 8.75. The second-order valence-electron chi connectivity index (χ2n) is 3.04. The molecule has 0 radical (unpaired) electrons. The summed E-state index contributed by atoms with van der Waals surface area (Å²) in [6, 6.07) is 3.28. The molecule has 0 spiro atoms. The first-order valence-electron chi connectivity index (χ1n) is 4.88. The van der Waals surface area contributed by atoms with Gasteiger partial charge in [-0.1, -0.05) is 0 Å². The molecule has 0 bridgehead atoms. The molecule has 4 nitrogen and oxygen atoms in total. The first kappa shape index (κ1) is 12.1. The van der Waals surface area contributed by atoms with E-state index in [1.54, 1.807) is 6.92 Å². The summed E-state index contributed by atoms with van der Waals surface area (Å²) in [5.41, 5.74) is 0.370. The van der Waals surface area contributed by atoms with Crippen LogP contribution in [-0.2, 0) is 16.0 Å². The molecule has 0 amide bonds. The number of nitrogens with zero attached hydrogens (tertiary/aromatic N) is 2. The number of rotatable bonds is 4. The van der Waals surface area contributed by atoms with Crippen molar-refractivity contribution in [2.45, 2.75) is 19.8 Å². The van der Waals surface area contributed by atoms with Gasteiger partial charge in [0.05, 0.1) is 18.2 Å². The highest BCUT2D eigenvalue weighted by atomic mass is 19.1. The first-order valence-corrected chi connectivity index (χ1v) is 4.88. The maximum atomic E-state index is 13.3. The summed E-state index contributed by atoms with van der Waals surface area (Å²) in [7, 11) is 0. The van der Waals surface area contributed by atoms with E-state index in [-0.39, 0.29) is 24.0 Å². The summed E-state index contributed by atoms with van der Waals surface area (Å²) in [6.45, 7) is 1.99. The van der Waals surface area contributed by atoms with Crippen LogP contribution >= 0.6 is 0 Å². The summed E-state index contributed by atoms with van der Waals surface area (Å²) < 4.78 is 18.0.